The Balaban J connectivity index is 2.18. The van der Waals surface area contributed by atoms with Crippen LogP contribution < -0.4 is 0 Å². The molecule has 100 valence electrons. The molecule has 0 N–H and O–H groups in total. The monoisotopic (exact) mass is 248 g/mol. The van der Waals surface area contributed by atoms with Crippen molar-refractivity contribution in [1.29, 1.82) is 0 Å². The molecule has 0 saturated heterocycles. The lowest BCUT2D eigenvalue weighted by Gasteiger charge is -2.27. The smallest absolute Gasteiger partial charge is 0.261 e. The molecular weight excluding hydrogens is 226 g/mol. The number of carbonyl (C=O) groups excluding carboxylic acids is 1. The molecule has 0 heterocycles. The van der Waals surface area contributed by atoms with E-state index in [2.05, 4.69) is 6.92 Å². The Morgan fingerprint density at radius 1 is 1.41 bits per heavy atom. The number of hydrogen-bond donors (Lipinski definition) is 0. The second-order valence-electron chi connectivity index (χ2n) is 4.82. The zero-order chi connectivity index (χ0) is 12.7. The van der Waals surface area contributed by atoms with Crippen LogP contribution >= 0.6 is 0 Å². The van der Waals surface area contributed by atoms with E-state index in [1.165, 1.54) is 6.42 Å². The normalized spacial score (nSPS) is 25.2. The summed E-state index contributed by atoms with van der Waals surface area (Å²) in [7, 11) is 0. The lowest BCUT2D eigenvalue weighted by Crippen LogP contribution is -2.24. The van der Waals surface area contributed by atoms with Gasteiger partial charge in [0, 0.05) is 12.3 Å². The Kier molecular flexibility index (Phi) is 6.63. The van der Waals surface area contributed by atoms with E-state index < -0.39 is 13.0 Å². The molecule has 0 spiro atoms. The zero-order valence-electron chi connectivity index (χ0n) is 10.5. The van der Waals surface area contributed by atoms with E-state index in [0.717, 1.165) is 25.7 Å². The summed E-state index contributed by atoms with van der Waals surface area (Å²) in [6.07, 6.45) is 3.26. The van der Waals surface area contributed by atoms with Crippen molar-refractivity contribution in [1.82, 2.24) is 0 Å². The SMILES string of the molecule is CCC1CCCC(C(=O)CCOCC(F)F)C1. The molecule has 4 heteroatoms. The molecule has 0 aromatic rings. The fourth-order valence-corrected chi connectivity index (χ4v) is 2.50. The molecule has 1 rings (SSSR count). The lowest BCUT2D eigenvalue weighted by atomic mass is 9.78. The molecule has 17 heavy (non-hydrogen) atoms. The van der Waals surface area contributed by atoms with Crippen LogP contribution in [-0.4, -0.2) is 25.4 Å². The molecule has 2 unspecified atom stereocenters. The molecule has 2 nitrogen and oxygen atoms in total. The Morgan fingerprint density at radius 3 is 2.82 bits per heavy atom. The molecule has 0 amide bonds. The first kappa shape index (κ1) is 14.6. The maximum atomic E-state index is 11.8. The largest absolute Gasteiger partial charge is 0.375 e. The lowest BCUT2D eigenvalue weighted by molar-refractivity contribution is -0.125. The zero-order valence-corrected chi connectivity index (χ0v) is 10.5. The van der Waals surface area contributed by atoms with E-state index >= 15 is 0 Å². The predicted octanol–water partition coefficient (Wildman–Crippen LogP) is 3.44. The van der Waals surface area contributed by atoms with E-state index in [1.54, 1.807) is 0 Å². The first-order valence-electron chi connectivity index (χ1n) is 6.52. The molecule has 0 aromatic carbocycles. The van der Waals surface area contributed by atoms with Crippen molar-refractivity contribution in [2.24, 2.45) is 11.8 Å². The van der Waals surface area contributed by atoms with Crippen molar-refractivity contribution < 1.29 is 18.3 Å². The van der Waals surface area contributed by atoms with Gasteiger partial charge in [-0.05, 0) is 18.8 Å². The van der Waals surface area contributed by atoms with Crippen LogP contribution in [0.4, 0.5) is 8.78 Å². The van der Waals surface area contributed by atoms with E-state index in [4.69, 9.17) is 4.74 Å². The number of alkyl halides is 2. The Morgan fingerprint density at radius 2 is 2.18 bits per heavy atom. The standard InChI is InChI=1S/C13H22F2O2/c1-2-10-4-3-5-11(8-10)12(16)6-7-17-9-13(14)15/h10-11,13H,2-9H2,1H3. The summed E-state index contributed by atoms with van der Waals surface area (Å²) >= 11 is 0. The van der Waals surface area contributed by atoms with Gasteiger partial charge in [-0.25, -0.2) is 8.78 Å². The van der Waals surface area contributed by atoms with Gasteiger partial charge in [0.15, 0.2) is 0 Å². The predicted molar refractivity (Wildman–Crippen MR) is 62.2 cm³/mol. The maximum absolute atomic E-state index is 11.8. The van der Waals surface area contributed by atoms with Gasteiger partial charge in [0.25, 0.3) is 6.43 Å². The van der Waals surface area contributed by atoms with Crippen LogP contribution in [0.3, 0.4) is 0 Å². The topological polar surface area (TPSA) is 26.3 Å². The number of ether oxygens (including phenoxy) is 1. The van der Waals surface area contributed by atoms with E-state index in [0.29, 0.717) is 5.92 Å². The molecule has 1 saturated carbocycles. The van der Waals surface area contributed by atoms with E-state index in [1.807, 2.05) is 0 Å². The van der Waals surface area contributed by atoms with Crippen molar-refractivity contribution in [3.8, 4) is 0 Å². The van der Waals surface area contributed by atoms with Crippen LogP contribution in [0.2, 0.25) is 0 Å². The Bertz CT molecular complexity index is 231. The van der Waals surface area contributed by atoms with Gasteiger partial charge in [0.2, 0.25) is 0 Å². The summed E-state index contributed by atoms with van der Waals surface area (Å²) in [5.74, 6) is 1.00. The quantitative estimate of drug-likeness (QED) is 0.645. The first-order chi connectivity index (χ1) is 8.13. The van der Waals surface area contributed by atoms with E-state index in [-0.39, 0.29) is 24.7 Å². The van der Waals surface area contributed by atoms with Crippen LogP contribution in [-0.2, 0) is 9.53 Å². The number of carbonyl (C=O) groups is 1. The summed E-state index contributed by atoms with van der Waals surface area (Å²) < 4.78 is 28.3. The fourth-order valence-electron chi connectivity index (χ4n) is 2.50. The molecule has 0 aromatic heterocycles. The van der Waals surface area contributed by atoms with Crippen molar-refractivity contribution >= 4 is 5.78 Å². The average molecular weight is 248 g/mol. The number of hydrogen-bond acceptors (Lipinski definition) is 2. The molecule has 1 fully saturated rings. The summed E-state index contributed by atoms with van der Waals surface area (Å²) in [5, 5.41) is 0. The van der Waals surface area contributed by atoms with Crippen LogP contribution in [0.25, 0.3) is 0 Å². The Hall–Kier alpha value is -0.510. The minimum absolute atomic E-state index is 0.135. The van der Waals surface area contributed by atoms with Crippen molar-refractivity contribution in [3.63, 3.8) is 0 Å². The van der Waals surface area contributed by atoms with Crippen LogP contribution in [0, 0.1) is 11.8 Å². The van der Waals surface area contributed by atoms with Gasteiger partial charge in [-0.1, -0.05) is 26.2 Å². The number of halogens is 2. The highest BCUT2D eigenvalue weighted by molar-refractivity contribution is 5.81. The van der Waals surface area contributed by atoms with Crippen LogP contribution in [0.15, 0.2) is 0 Å². The maximum Gasteiger partial charge on any atom is 0.261 e. The molecule has 1 aliphatic carbocycles. The summed E-state index contributed by atoms with van der Waals surface area (Å²) in [6.45, 7) is 1.73. The van der Waals surface area contributed by atoms with Gasteiger partial charge in [-0.2, -0.15) is 0 Å². The van der Waals surface area contributed by atoms with Crippen molar-refractivity contribution in [2.45, 2.75) is 51.9 Å². The molecule has 2 atom stereocenters. The second kappa shape index (κ2) is 7.75. The van der Waals surface area contributed by atoms with Crippen molar-refractivity contribution in [2.75, 3.05) is 13.2 Å². The molecule has 0 radical (unpaired) electrons. The minimum atomic E-state index is -2.44. The third-order valence-corrected chi connectivity index (χ3v) is 3.55. The highest BCUT2D eigenvalue weighted by Crippen LogP contribution is 2.31. The van der Waals surface area contributed by atoms with Gasteiger partial charge >= 0.3 is 0 Å². The molecule has 0 bridgehead atoms. The van der Waals surface area contributed by atoms with Gasteiger partial charge in [-0.15, -0.1) is 0 Å². The fraction of sp³-hybridized carbons (Fsp3) is 0.923. The highest BCUT2D eigenvalue weighted by Gasteiger charge is 2.25. The third-order valence-electron chi connectivity index (χ3n) is 3.55. The van der Waals surface area contributed by atoms with Crippen LogP contribution in [0.5, 0.6) is 0 Å². The Labute approximate surface area is 102 Å². The number of Topliss-reactive ketones (excluding diaryl/α,β-unsaturated/α-hetero) is 1. The summed E-state index contributed by atoms with van der Waals surface area (Å²) in [4.78, 5) is 11.8. The molecule has 1 aliphatic rings. The second-order valence-corrected chi connectivity index (χ2v) is 4.82. The molecular formula is C13H22F2O2. The van der Waals surface area contributed by atoms with Crippen LogP contribution in [0.1, 0.15) is 45.4 Å². The van der Waals surface area contributed by atoms with Crippen molar-refractivity contribution in [3.05, 3.63) is 0 Å². The minimum Gasteiger partial charge on any atom is -0.375 e. The summed E-state index contributed by atoms with van der Waals surface area (Å²) in [6, 6.07) is 0. The van der Waals surface area contributed by atoms with Gasteiger partial charge < -0.3 is 4.74 Å². The third kappa shape index (κ3) is 5.57. The highest BCUT2D eigenvalue weighted by atomic mass is 19.3. The first-order valence-corrected chi connectivity index (χ1v) is 6.52. The summed E-state index contributed by atoms with van der Waals surface area (Å²) in [5.41, 5.74) is 0. The van der Waals surface area contributed by atoms with Gasteiger partial charge in [0.1, 0.15) is 12.4 Å². The number of rotatable bonds is 7. The number of ketones is 1. The average Bonchev–Trinajstić information content (AvgIpc) is 2.34. The van der Waals surface area contributed by atoms with Gasteiger partial charge in [-0.3, -0.25) is 4.79 Å². The molecule has 0 aliphatic heterocycles. The van der Waals surface area contributed by atoms with Gasteiger partial charge in [0.05, 0.1) is 6.61 Å². The van der Waals surface area contributed by atoms with E-state index in [9.17, 15) is 13.6 Å².